The van der Waals surface area contributed by atoms with Crippen molar-refractivity contribution in [2.24, 2.45) is 10.9 Å². The predicted molar refractivity (Wildman–Crippen MR) is 110 cm³/mol. The second-order valence-electron chi connectivity index (χ2n) is 5.96. The third-order valence-corrected chi connectivity index (χ3v) is 4.22. The molecule has 0 bridgehead atoms. The third kappa shape index (κ3) is 7.51. The summed E-state index contributed by atoms with van der Waals surface area (Å²) in [7, 11) is 1.75. The number of hydrogen-bond acceptors (Lipinski definition) is 2. The standard InChI is InChI=1S/C18H28N4O.HI/c1-19-18(22-14-15-8-4-2-5-9-15)21-13-12-20-17(23)16-10-6-3-7-11-16;/h2,4-5,8-9,16H,3,6-7,10-14H2,1H3,(H,20,23)(H2,19,21,22);1H. The highest BCUT2D eigenvalue weighted by atomic mass is 127. The Labute approximate surface area is 162 Å². The maximum atomic E-state index is 12.0. The highest BCUT2D eigenvalue weighted by Gasteiger charge is 2.20. The molecule has 1 aliphatic rings. The Balaban J connectivity index is 0.00000288. The Kier molecular flexibility index (Phi) is 10.5. The number of carbonyl (C=O) groups excluding carboxylic acids is 1. The SMILES string of the molecule is CN=C(NCCNC(=O)C1CCCCC1)NCc1ccccc1.I. The van der Waals surface area contributed by atoms with Crippen LogP contribution in [0.4, 0.5) is 0 Å². The number of amides is 1. The van der Waals surface area contributed by atoms with E-state index in [4.69, 9.17) is 0 Å². The number of hydrogen-bond donors (Lipinski definition) is 3. The number of guanidine groups is 1. The van der Waals surface area contributed by atoms with Crippen LogP contribution in [-0.2, 0) is 11.3 Å². The fourth-order valence-corrected chi connectivity index (χ4v) is 2.88. The van der Waals surface area contributed by atoms with Gasteiger partial charge in [0.1, 0.15) is 0 Å². The van der Waals surface area contributed by atoms with Crippen molar-refractivity contribution >= 4 is 35.8 Å². The highest BCUT2D eigenvalue weighted by molar-refractivity contribution is 14.0. The lowest BCUT2D eigenvalue weighted by Gasteiger charge is -2.21. The summed E-state index contributed by atoms with van der Waals surface area (Å²) in [5.74, 6) is 1.18. The van der Waals surface area contributed by atoms with E-state index < -0.39 is 0 Å². The second kappa shape index (κ2) is 12.1. The van der Waals surface area contributed by atoms with Crippen molar-refractivity contribution in [2.75, 3.05) is 20.1 Å². The quantitative estimate of drug-likeness (QED) is 0.274. The van der Waals surface area contributed by atoms with Gasteiger partial charge in [-0.15, -0.1) is 24.0 Å². The largest absolute Gasteiger partial charge is 0.355 e. The van der Waals surface area contributed by atoms with Gasteiger partial charge in [-0.25, -0.2) is 0 Å². The summed E-state index contributed by atoms with van der Waals surface area (Å²) in [4.78, 5) is 16.2. The fraction of sp³-hybridized carbons (Fsp3) is 0.556. The second-order valence-corrected chi connectivity index (χ2v) is 5.96. The zero-order valence-corrected chi connectivity index (χ0v) is 16.7. The average molecular weight is 444 g/mol. The summed E-state index contributed by atoms with van der Waals surface area (Å²) in [6, 6.07) is 10.2. The molecular weight excluding hydrogens is 415 g/mol. The molecule has 0 radical (unpaired) electrons. The van der Waals surface area contributed by atoms with Gasteiger partial charge in [-0.2, -0.15) is 0 Å². The molecule has 1 aliphatic carbocycles. The molecule has 1 amide bonds. The number of nitrogens with zero attached hydrogens (tertiary/aromatic N) is 1. The van der Waals surface area contributed by atoms with Crippen LogP contribution in [0, 0.1) is 5.92 Å². The normalized spacial score (nSPS) is 15.3. The van der Waals surface area contributed by atoms with Gasteiger partial charge in [0, 0.05) is 32.6 Å². The van der Waals surface area contributed by atoms with Crippen molar-refractivity contribution in [1.29, 1.82) is 0 Å². The van der Waals surface area contributed by atoms with Crippen molar-refractivity contribution in [2.45, 2.75) is 38.6 Å². The van der Waals surface area contributed by atoms with Gasteiger partial charge in [0.2, 0.25) is 5.91 Å². The number of carbonyl (C=O) groups is 1. The highest BCUT2D eigenvalue weighted by Crippen LogP contribution is 2.23. The lowest BCUT2D eigenvalue weighted by Crippen LogP contribution is -2.42. The first-order valence-electron chi connectivity index (χ1n) is 8.56. The predicted octanol–water partition coefficient (Wildman–Crippen LogP) is 2.67. The topological polar surface area (TPSA) is 65.5 Å². The molecule has 0 atom stereocenters. The van der Waals surface area contributed by atoms with E-state index in [-0.39, 0.29) is 35.8 Å². The lowest BCUT2D eigenvalue weighted by molar-refractivity contribution is -0.125. The van der Waals surface area contributed by atoms with Gasteiger partial charge < -0.3 is 16.0 Å². The summed E-state index contributed by atoms with van der Waals surface area (Å²) < 4.78 is 0. The van der Waals surface area contributed by atoms with Crippen LogP contribution in [0.1, 0.15) is 37.7 Å². The molecule has 5 nitrogen and oxygen atoms in total. The number of rotatable bonds is 6. The third-order valence-electron chi connectivity index (χ3n) is 4.22. The van der Waals surface area contributed by atoms with Gasteiger partial charge >= 0.3 is 0 Å². The molecule has 0 saturated heterocycles. The minimum atomic E-state index is 0. The van der Waals surface area contributed by atoms with Crippen molar-refractivity contribution in [3.05, 3.63) is 35.9 Å². The number of nitrogens with one attached hydrogen (secondary N) is 3. The molecule has 1 aromatic carbocycles. The van der Waals surface area contributed by atoms with Gasteiger partial charge in [-0.05, 0) is 18.4 Å². The minimum Gasteiger partial charge on any atom is -0.355 e. The van der Waals surface area contributed by atoms with E-state index in [1.807, 2.05) is 18.2 Å². The van der Waals surface area contributed by atoms with E-state index in [0.29, 0.717) is 13.1 Å². The van der Waals surface area contributed by atoms with Crippen LogP contribution >= 0.6 is 24.0 Å². The minimum absolute atomic E-state index is 0. The van der Waals surface area contributed by atoms with E-state index in [1.165, 1.54) is 24.8 Å². The molecule has 0 aromatic heterocycles. The Bertz CT molecular complexity index is 501. The first-order chi connectivity index (χ1) is 11.3. The smallest absolute Gasteiger partial charge is 0.223 e. The monoisotopic (exact) mass is 444 g/mol. The number of benzene rings is 1. The molecule has 2 rings (SSSR count). The average Bonchev–Trinajstić information content (AvgIpc) is 2.62. The van der Waals surface area contributed by atoms with Gasteiger partial charge in [0.15, 0.2) is 5.96 Å². The molecule has 0 spiro atoms. The van der Waals surface area contributed by atoms with Crippen LogP contribution in [-0.4, -0.2) is 32.0 Å². The van der Waals surface area contributed by atoms with Crippen LogP contribution in [0.3, 0.4) is 0 Å². The molecule has 1 aromatic rings. The summed E-state index contributed by atoms with van der Waals surface area (Å²) in [5.41, 5.74) is 1.21. The molecule has 24 heavy (non-hydrogen) atoms. The fourth-order valence-electron chi connectivity index (χ4n) is 2.88. The zero-order valence-electron chi connectivity index (χ0n) is 14.4. The molecule has 0 unspecified atom stereocenters. The van der Waals surface area contributed by atoms with E-state index in [0.717, 1.165) is 25.3 Å². The van der Waals surface area contributed by atoms with Gasteiger partial charge in [0.25, 0.3) is 0 Å². The molecule has 6 heteroatoms. The first kappa shape index (κ1) is 20.7. The molecule has 1 fully saturated rings. The van der Waals surface area contributed by atoms with Crippen LogP contribution in [0.25, 0.3) is 0 Å². The lowest BCUT2D eigenvalue weighted by atomic mass is 9.89. The summed E-state index contributed by atoms with van der Waals surface area (Å²) >= 11 is 0. The number of halogens is 1. The van der Waals surface area contributed by atoms with E-state index in [9.17, 15) is 4.79 Å². The van der Waals surface area contributed by atoms with E-state index in [2.05, 4.69) is 33.1 Å². The van der Waals surface area contributed by atoms with Crippen molar-refractivity contribution < 1.29 is 4.79 Å². The van der Waals surface area contributed by atoms with Crippen LogP contribution < -0.4 is 16.0 Å². The molecule has 3 N–H and O–H groups in total. The van der Waals surface area contributed by atoms with Crippen molar-refractivity contribution in [1.82, 2.24) is 16.0 Å². The number of aliphatic imine (C=N–C) groups is 1. The van der Waals surface area contributed by atoms with Gasteiger partial charge in [-0.1, -0.05) is 49.6 Å². The Hall–Kier alpha value is -1.31. The van der Waals surface area contributed by atoms with Gasteiger partial charge in [0.05, 0.1) is 0 Å². The van der Waals surface area contributed by atoms with E-state index >= 15 is 0 Å². The van der Waals surface area contributed by atoms with Gasteiger partial charge in [-0.3, -0.25) is 9.79 Å². The molecule has 0 aliphatic heterocycles. The molecule has 1 saturated carbocycles. The Morgan fingerprint density at radius 3 is 2.38 bits per heavy atom. The van der Waals surface area contributed by atoms with Crippen LogP contribution in [0.2, 0.25) is 0 Å². The molecular formula is C18H29IN4O. The zero-order chi connectivity index (χ0) is 16.3. The summed E-state index contributed by atoms with van der Waals surface area (Å²) in [6.07, 6.45) is 5.73. The summed E-state index contributed by atoms with van der Waals surface area (Å²) in [5, 5.41) is 9.51. The maximum absolute atomic E-state index is 12.0. The maximum Gasteiger partial charge on any atom is 0.223 e. The van der Waals surface area contributed by atoms with Crippen molar-refractivity contribution in [3.8, 4) is 0 Å². The molecule has 0 heterocycles. The summed E-state index contributed by atoms with van der Waals surface area (Å²) in [6.45, 7) is 2.03. The van der Waals surface area contributed by atoms with Crippen LogP contribution in [0.15, 0.2) is 35.3 Å². The van der Waals surface area contributed by atoms with Crippen LogP contribution in [0.5, 0.6) is 0 Å². The molecule has 134 valence electrons. The van der Waals surface area contributed by atoms with Crippen molar-refractivity contribution in [3.63, 3.8) is 0 Å². The van der Waals surface area contributed by atoms with E-state index in [1.54, 1.807) is 7.05 Å². The first-order valence-corrected chi connectivity index (χ1v) is 8.56. The Morgan fingerprint density at radius 1 is 1.04 bits per heavy atom. The Morgan fingerprint density at radius 2 is 1.71 bits per heavy atom.